The zero-order chi connectivity index (χ0) is 24.5. The van der Waals surface area contributed by atoms with Gasteiger partial charge in [-0.3, -0.25) is 9.59 Å². The van der Waals surface area contributed by atoms with Gasteiger partial charge in [0.15, 0.2) is 0 Å². The summed E-state index contributed by atoms with van der Waals surface area (Å²) in [5, 5.41) is 12.1. The summed E-state index contributed by atoms with van der Waals surface area (Å²) in [5.74, 6) is -0.385. The number of alkyl carbamates (subject to hydrolysis) is 1. The van der Waals surface area contributed by atoms with Crippen molar-refractivity contribution in [3.8, 4) is 11.1 Å². The summed E-state index contributed by atoms with van der Waals surface area (Å²) in [6.45, 7) is 1.17. The van der Waals surface area contributed by atoms with E-state index in [0.29, 0.717) is 25.9 Å². The van der Waals surface area contributed by atoms with Crippen LogP contribution in [0.3, 0.4) is 0 Å². The molecule has 1 heterocycles. The number of hydrogen-bond acceptors (Lipinski definition) is 5. The number of nitrogens with one attached hydrogen (secondary N) is 1. The monoisotopic (exact) mass is 494 g/mol. The van der Waals surface area contributed by atoms with Crippen LogP contribution in [-0.4, -0.2) is 65.7 Å². The minimum Gasteiger partial charge on any atom is -0.481 e. The molecular formula is C27H30N2O5S. The zero-order valence-electron chi connectivity index (χ0n) is 19.7. The van der Waals surface area contributed by atoms with Crippen molar-refractivity contribution in [2.75, 3.05) is 31.7 Å². The number of rotatable bonds is 8. The fraction of sp³-hybridized carbons (Fsp3) is 0.444. The van der Waals surface area contributed by atoms with Crippen molar-refractivity contribution in [3.63, 3.8) is 0 Å². The molecule has 2 N–H and O–H groups in total. The van der Waals surface area contributed by atoms with E-state index in [0.717, 1.165) is 28.0 Å². The first-order valence-corrected chi connectivity index (χ1v) is 13.5. The number of fused-ring (bicyclic) bond motifs is 4. The highest BCUT2D eigenvalue weighted by atomic mass is 32.2. The van der Waals surface area contributed by atoms with Crippen molar-refractivity contribution in [1.82, 2.24) is 10.2 Å². The SMILES string of the molecule is CSCCC(NC(=O)OCC1c2ccccc2-c2ccccc21)C(=O)N1CC[C@H]2C(C(=O)O)[C@H]2C1. The predicted octanol–water partition coefficient (Wildman–Crippen LogP) is 3.83. The Morgan fingerprint density at radius 3 is 2.37 bits per heavy atom. The maximum Gasteiger partial charge on any atom is 0.407 e. The van der Waals surface area contributed by atoms with E-state index in [1.54, 1.807) is 16.7 Å². The first-order valence-electron chi connectivity index (χ1n) is 12.1. The van der Waals surface area contributed by atoms with Crippen molar-refractivity contribution >= 4 is 29.7 Å². The average Bonchev–Trinajstić information content (AvgIpc) is 3.52. The van der Waals surface area contributed by atoms with Gasteiger partial charge in [-0.25, -0.2) is 4.79 Å². The van der Waals surface area contributed by atoms with E-state index < -0.39 is 18.1 Å². The number of carboxylic acid groups (broad SMARTS) is 1. The lowest BCUT2D eigenvalue weighted by Crippen LogP contribution is -2.50. The van der Waals surface area contributed by atoms with Crippen LogP contribution in [0.1, 0.15) is 29.9 Å². The van der Waals surface area contributed by atoms with Gasteiger partial charge in [-0.2, -0.15) is 11.8 Å². The lowest BCUT2D eigenvalue weighted by Gasteiger charge is -2.30. The molecule has 2 amide bonds. The number of aliphatic carboxylic acids is 1. The van der Waals surface area contributed by atoms with Crippen LogP contribution in [0.25, 0.3) is 11.1 Å². The lowest BCUT2D eigenvalue weighted by molar-refractivity contribution is -0.139. The number of carbonyl (C=O) groups is 3. The molecule has 2 unspecified atom stereocenters. The number of amides is 2. The number of piperidine rings is 1. The van der Waals surface area contributed by atoms with E-state index in [-0.39, 0.29) is 36.2 Å². The van der Waals surface area contributed by atoms with E-state index in [2.05, 4.69) is 29.6 Å². The summed E-state index contributed by atoms with van der Waals surface area (Å²) < 4.78 is 5.66. The molecule has 0 spiro atoms. The maximum absolute atomic E-state index is 13.3. The van der Waals surface area contributed by atoms with Crippen LogP contribution in [0.2, 0.25) is 0 Å². The second-order valence-electron chi connectivity index (χ2n) is 9.57. The third-order valence-corrected chi connectivity index (χ3v) is 8.28. The molecule has 1 saturated carbocycles. The Hall–Kier alpha value is -3.00. The average molecular weight is 495 g/mol. The molecule has 1 saturated heterocycles. The van der Waals surface area contributed by atoms with E-state index in [4.69, 9.17) is 4.74 Å². The Morgan fingerprint density at radius 2 is 1.74 bits per heavy atom. The number of ether oxygens (including phenoxy) is 1. The van der Waals surface area contributed by atoms with Crippen molar-refractivity contribution in [2.45, 2.75) is 24.8 Å². The molecule has 4 atom stereocenters. The number of benzene rings is 2. The number of thioether (sulfide) groups is 1. The highest BCUT2D eigenvalue weighted by molar-refractivity contribution is 7.98. The molecule has 7 nitrogen and oxygen atoms in total. The van der Waals surface area contributed by atoms with E-state index in [1.165, 1.54) is 0 Å². The van der Waals surface area contributed by atoms with Gasteiger partial charge >= 0.3 is 12.1 Å². The molecule has 2 aromatic carbocycles. The van der Waals surface area contributed by atoms with Gasteiger partial charge in [-0.05, 0) is 58.9 Å². The number of carbonyl (C=O) groups excluding carboxylic acids is 2. The molecule has 0 radical (unpaired) electrons. The van der Waals surface area contributed by atoms with Gasteiger partial charge < -0.3 is 20.1 Å². The highest BCUT2D eigenvalue weighted by Crippen LogP contribution is 2.51. The minimum absolute atomic E-state index is 0.0286. The van der Waals surface area contributed by atoms with E-state index in [1.807, 2.05) is 30.5 Å². The third kappa shape index (κ3) is 4.63. The molecule has 2 aliphatic carbocycles. The molecule has 0 bridgehead atoms. The molecule has 2 aromatic rings. The number of hydrogen-bond donors (Lipinski definition) is 2. The van der Waals surface area contributed by atoms with Crippen molar-refractivity contribution in [2.24, 2.45) is 17.8 Å². The fourth-order valence-corrected chi connectivity index (χ4v) is 6.27. The summed E-state index contributed by atoms with van der Waals surface area (Å²) in [5.41, 5.74) is 4.59. The summed E-state index contributed by atoms with van der Waals surface area (Å²) in [6, 6.07) is 15.6. The van der Waals surface area contributed by atoms with Gasteiger partial charge in [-0.15, -0.1) is 0 Å². The quantitative estimate of drug-likeness (QED) is 0.579. The van der Waals surface area contributed by atoms with Gasteiger partial charge in [0.2, 0.25) is 5.91 Å². The molecule has 35 heavy (non-hydrogen) atoms. The molecule has 3 aliphatic rings. The van der Waals surface area contributed by atoms with E-state index >= 15 is 0 Å². The summed E-state index contributed by atoms with van der Waals surface area (Å²) in [7, 11) is 0. The normalized spacial score (nSPS) is 23.0. The molecule has 1 aliphatic heterocycles. The molecule has 5 rings (SSSR count). The summed E-state index contributed by atoms with van der Waals surface area (Å²) in [4.78, 5) is 39.2. The Balaban J connectivity index is 1.22. The smallest absolute Gasteiger partial charge is 0.407 e. The van der Waals surface area contributed by atoms with Gasteiger partial charge in [0.1, 0.15) is 12.6 Å². The number of carboxylic acids is 1. The maximum atomic E-state index is 13.3. The summed E-state index contributed by atoms with van der Waals surface area (Å²) >= 11 is 1.61. The molecule has 0 aromatic heterocycles. The second kappa shape index (κ2) is 9.93. The fourth-order valence-electron chi connectivity index (χ4n) is 5.80. The Morgan fingerprint density at radius 1 is 1.09 bits per heavy atom. The van der Waals surface area contributed by atoms with Crippen LogP contribution in [0, 0.1) is 17.8 Å². The van der Waals surface area contributed by atoms with Gasteiger partial charge in [0, 0.05) is 19.0 Å². The lowest BCUT2D eigenvalue weighted by atomic mass is 9.98. The van der Waals surface area contributed by atoms with Crippen molar-refractivity contribution in [3.05, 3.63) is 59.7 Å². The van der Waals surface area contributed by atoms with Gasteiger partial charge in [-0.1, -0.05) is 48.5 Å². The predicted molar refractivity (Wildman–Crippen MR) is 134 cm³/mol. The summed E-state index contributed by atoms with van der Waals surface area (Å²) in [6.07, 6.45) is 2.56. The van der Waals surface area contributed by atoms with Crippen LogP contribution in [0.5, 0.6) is 0 Å². The first-order chi connectivity index (χ1) is 17.0. The van der Waals surface area contributed by atoms with Crippen LogP contribution in [0.15, 0.2) is 48.5 Å². The molecule has 8 heteroatoms. The Labute approximate surface area is 209 Å². The highest BCUT2D eigenvalue weighted by Gasteiger charge is 2.57. The van der Waals surface area contributed by atoms with Crippen LogP contribution >= 0.6 is 11.8 Å². The Kier molecular flexibility index (Phi) is 6.73. The van der Waals surface area contributed by atoms with Crippen molar-refractivity contribution in [1.29, 1.82) is 0 Å². The van der Waals surface area contributed by atoms with E-state index in [9.17, 15) is 19.5 Å². The van der Waals surface area contributed by atoms with Crippen LogP contribution < -0.4 is 5.32 Å². The van der Waals surface area contributed by atoms with Gasteiger partial charge in [0.05, 0.1) is 5.92 Å². The molecule has 184 valence electrons. The molecular weight excluding hydrogens is 464 g/mol. The van der Waals surface area contributed by atoms with Gasteiger partial charge in [0.25, 0.3) is 0 Å². The second-order valence-corrected chi connectivity index (χ2v) is 10.6. The number of nitrogens with zero attached hydrogens (tertiary/aromatic N) is 1. The first kappa shape index (κ1) is 23.7. The zero-order valence-corrected chi connectivity index (χ0v) is 20.5. The largest absolute Gasteiger partial charge is 0.481 e. The third-order valence-electron chi connectivity index (χ3n) is 7.64. The van der Waals surface area contributed by atoms with Crippen LogP contribution in [0.4, 0.5) is 4.79 Å². The number of likely N-dealkylation sites (tertiary alicyclic amines) is 1. The standard InChI is InChI=1S/C27H30N2O5S/c1-35-13-11-23(25(30)29-12-10-20-21(14-29)24(20)26(31)32)28-27(33)34-15-22-18-8-4-2-6-16(18)17-7-3-5-9-19(17)22/h2-9,20-24H,10-15H2,1H3,(H,28,33)(H,31,32)/t20-,21+,23?,24?/m1/s1. The van der Waals surface area contributed by atoms with Crippen molar-refractivity contribution < 1.29 is 24.2 Å². The Bertz CT molecular complexity index is 1090. The topological polar surface area (TPSA) is 95.9 Å². The minimum atomic E-state index is -0.773. The molecule has 2 fully saturated rings. The van der Waals surface area contributed by atoms with Crippen LogP contribution in [-0.2, 0) is 14.3 Å².